The molecular formula is C11H22N2O3. The first-order chi connectivity index (χ1) is 7.56. The Hall–Kier alpha value is -1.10. The molecule has 1 unspecified atom stereocenters. The number of carboxylic acid groups (broad SMARTS) is 1. The largest absolute Gasteiger partial charge is 0.481 e. The van der Waals surface area contributed by atoms with E-state index in [1.165, 1.54) is 0 Å². The maximum absolute atomic E-state index is 11.3. The molecule has 0 aliphatic carbocycles. The summed E-state index contributed by atoms with van der Waals surface area (Å²) in [6.07, 6.45) is 1.23. The summed E-state index contributed by atoms with van der Waals surface area (Å²) < 4.78 is 0. The summed E-state index contributed by atoms with van der Waals surface area (Å²) >= 11 is 0. The first-order valence-corrected chi connectivity index (χ1v) is 5.75. The van der Waals surface area contributed by atoms with E-state index in [0.29, 0.717) is 25.9 Å². The highest BCUT2D eigenvalue weighted by atomic mass is 16.4. The fraction of sp³-hybridized carbons (Fsp3) is 0.818. The van der Waals surface area contributed by atoms with Crippen LogP contribution in [0.4, 0.5) is 0 Å². The van der Waals surface area contributed by atoms with E-state index >= 15 is 0 Å². The molecule has 0 fully saturated rings. The second-order valence-electron chi connectivity index (χ2n) is 3.95. The van der Waals surface area contributed by atoms with Gasteiger partial charge in [0.05, 0.1) is 0 Å². The van der Waals surface area contributed by atoms with Crippen LogP contribution in [0.1, 0.15) is 33.1 Å². The molecule has 0 spiro atoms. The van der Waals surface area contributed by atoms with Crippen LogP contribution in [0.3, 0.4) is 0 Å². The van der Waals surface area contributed by atoms with E-state index in [2.05, 4.69) is 10.6 Å². The van der Waals surface area contributed by atoms with Crippen molar-refractivity contribution in [3.63, 3.8) is 0 Å². The average Bonchev–Trinajstić information content (AvgIpc) is 2.24. The molecule has 0 aromatic rings. The van der Waals surface area contributed by atoms with E-state index in [1.54, 1.807) is 0 Å². The standard InChI is InChI=1S/C11H22N2O3/c1-3-12-7-6-10(14)13-8-9(2)4-5-11(15)16/h9,12H,3-8H2,1-2H3,(H,13,14)(H,15,16). The number of aliphatic carboxylic acids is 1. The Kier molecular flexibility index (Phi) is 8.52. The van der Waals surface area contributed by atoms with Gasteiger partial charge in [0, 0.05) is 25.9 Å². The van der Waals surface area contributed by atoms with Gasteiger partial charge in [-0.25, -0.2) is 0 Å². The molecule has 0 bridgehead atoms. The molecule has 0 aromatic heterocycles. The Morgan fingerprint density at radius 2 is 2.00 bits per heavy atom. The molecule has 0 aliphatic rings. The number of nitrogens with one attached hydrogen (secondary N) is 2. The number of rotatable bonds is 9. The van der Waals surface area contributed by atoms with E-state index in [0.717, 1.165) is 6.54 Å². The number of amides is 1. The van der Waals surface area contributed by atoms with Gasteiger partial charge in [-0.2, -0.15) is 0 Å². The van der Waals surface area contributed by atoms with Crippen LogP contribution in [0.15, 0.2) is 0 Å². The maximum Gasteiger partial charge on any atom is 0.303 e. The summed E-state index contributed by atoms with van der Waals surface area (Å²) in [6, 6.07) is 0. The first kappa shape index (κ1) is 14.9. The van der Waals surface area contributed by atoms with Crippen LogP contribution in [0.5, 0.6) is 0 Å². The number of carbonyl (C=O) groups is 2. The van der Waals surface area contributed by atoms with Crippen LogP contribution in [-0.2, 0) is 9.59 Å². The quantitative estimate of drug-likeness (QED) is 0.507. The molecule has 1 atom stereocenters. The van der Waals surface area contributed by atoms with Crippen LogP contribution in [0.2, 0.25) is 0 Å². The molecule has 94 valence electrons. The molecule has 5 heteroatoms. The van der Waals surface area contributed by atoms with Crippen molar-refractivity contribution in [2.75, 3.05) is 19.6 Å². The molecular weight excluding hydrogens is 208 g/mol. The minimum atomic E-state index is -0.787. The number of carbonyl (C=O) groups excluding carboxylic acids is 1. The molecule has 0 aromatic carbocycles. The van der Waals surface area contributed by atoms with Crippen LogP contribution in [0, 0.1) is 5.92 Å². The van der Waals surface area contributed by atoms with Gasteiger partial charge >= 0.3 is 5.97 Å². The SMILES string of the molecule is CCNCCC(=O)NCC(C)CCC(=O)O. The van der Waals surface area contributed by atoms with Crippen molar-refractivity contribution in [3.05, 3.63) is 0 Å². The van der Waals surface area contributed by atoms with Gasteiger partial charge in [-0.1, -0.05) is 13.8 Å². The highest BCUT2D eigenvalue weighted by Gasteiger charge is 2.07. The van der Waals surface area contributed by atoms with Crippen LogP contribution in [0.25, 0.3) is 0 Å². The zero-order valence-electron chi connectivity index (χ0n) is 10.1. The van der Waals surface area contributed by atoms with Crippen molar-refractivity contribution >= 4 is 11.9 Å². The third-order valence-corrected chi connectivity index (χ3v) is 2.28. The van der Waals surface area contributed by atoms with Crippen LogP contribution in [-0.4, -0.2) is 36.6 Å². The zero-order valence-corrected chi connectivity index (χ0v) is 10.1. The Bertz CT molecular complexity index is 219. The zero-order chi connectivity index (χ0) is 12.4. The second kappa shape index (κ2) is 9.15. The Balaban J connectivity index is 3.47. The predicted octanol–water partition coefficient (Wildman–Crippen LogP) is 0.603. The van der Waals surface area contributed by atoms with Gasteiger partial charge in [0.15, 0.2) is 0 Å². The van der Waals surface area contributed by atoms with E-state index in [4.69, 9.17) is 5.11 Å². The van der Waals surface area contributed by atoms with Crippen molar-refractivity contribution in [1.29, 1.82) is 0 Å². The van der Waals surface area contributed by atoms with Crippen LogP contribution >= 0.6 is 0 Å². The minimum Gasteiger partial charge on any atom is -0.481 e. The van der Waals surface area contributed by atoms with E-state index in [1.807, 2.05) is 13.8 Å². The minimum absolute atomic E-state index is 0.0168. The van der Waals surface area contributed by atoms with Gasteiger partial charge in [0.25, 0.3) is 0 Å². The van der Waals surface area contributed by atoms with Crippen molar-refractivity contribution in [2.24, 2.45) is 5.92 Å². The lowest BCUT2D eigenvalue weighted by Crippen LogP contribution is -2.31. The van der Waals surface area contributed by atoms with Gasteiger partial charge in [0.1, 0.15) is 0 Å². The normalized spacial score (nSPS) is 12.1. The molecule has 0 heterocycles. The Morgan fingerprint density at radius 3 is 2.56 bits per heavy atom. The lowest BCUT2D eigenvalue weighted by atomic mass is 10.1. The Morgan fingerprint density at radius 1 is 1.31 bits per heavy atom. The fourth-order valence-corrected chi connectivity index (χ4v) is 1.23. The number of hydrogen-bond acceptors (Lipinski definition) is 3. The van der Waals surface area contributed by atoms with Gasteiger partial charge in [-0.3, -0.25) is 9.59 Å². The summed E-state index contributed by atoms with van der Waals surface area (Å²) in [6.45, 7) is 6.03. The van der Waals surface area contributed by atoms with Gasteiger partial charge in [-0.15, -0.1) is 0 Å². The molecule has 3 N–H and O–H groups in total. The van der Waals surface area contributed by atoms with E-state index in [9.17, 15) is 9.59 Å². The summed E-state index contributed by atoms with van der Waals surface area (Å²) in [5.74, 6) is -0.562. The van der Waals surface area contributed by atoms with E-state index in [-0.39, 0.29) is 18.2 Å². The Labute approximate surface area is 96.6 Å². The van der Waals surface area contributed by atoms with Gasteiger partial charge < -0.3 is 15.7 Å². The number of hydrogen-bond donors (Lipinski definition) is 3. The molecule has 0 saturated heterocycles. The highest BCUT2D eigenvalue weighted by molar-refractivity contribution is 5.76. The smallest absolute Gasteiger partial charge is 0.303 e. The third-order valence-electron chi connectivity index (χ3n) is 2.28. The van der Waals surface area contributed by atoms with Crippen molar-refractivity contribution in [1.82, 2.24) is 10.6 Å². The van der Waals surface area contributed by atoms with Gasteiger partial charge in [0.2, 0.25) is 5.91 Å². The molecule has 0 rings (SSSR count). The van der Waals surface area contributed by atoms with Crippen LogP contribution < -0.4 is 10.6 Å². The first-order valence-electron chi connectivity index (χ1n) is 5.75. The monoisotopic (exact) mass is 230 g/mol. The summed E-state index contributed by atoms with van der Waals surface area (Å²) in [5, 5.41) is 14.3. The molecule has 0 saturated carbocycles. The van der Waals surface area contributed by atoms with Crippen molar-refractivity contribution in [3.8, 4) is 0 Å². The molecule has 5 nitrogen and oxygen atoms in total. The molecule has 16 heavy (non-hydrogen) atoms. The predicted molar refractivity (Wildman–Crippen MR) is 62.2 cm³/mol. The summed E-state index contributed by atoms with van der Waals surface area (Å²) in [4.78, 5) is 21.6. The number of carboxylic acids is 1. The lowest BCUT2D eigenvalue weighted by molar-refractivity contribution is -0.137. The lowest BCUT2D eigenvalue weighted by Gasteiger charge is -2.11. The molecule has 0 aliphatic heterocycles. The third kappa shape index (κ3) is 9.45. The van der Waals surface area contributed by atoms with Gasteiger partial charge in [-0.05, 0) is 18.9 Å². The van der Waals surface area contributed by atoms with Crippen molar-refractivity contribution < 1.29 is 14.7 Å². The topological polar surface area (TPSA) is 78.4 Å². The summed E-state index contributed by atoms with van der Waals surface area (Å²) in [7, 11) is 0. The summed E-state index contributed by atoms with van der Waals surface area (Å²) in [5.41, 5.74) is 0. The van der Waals surface area contributed by atoms with E-state index < -0.39 is 5.97 Å². The average molecular weight is 230 g/mol. The maximum atomic E-state index is 11.3. The second-order valence-corrected chi connectivity index (χ2v) is 3.95. The molecule has 1 amide bonds. The highest BCUT2D eigenvalue weighted by Crippen LogP contribution is 2.03. The molecule has 0 radical (unpaired) electrons. The fourth-order valence-electron chi connectivity index (χ4n) is 1.23. The van der Waals surface area contributed by atoms with Crippen molar-refractivity contribution in [2.45, 2.75) is 33.1 Å².